The number of hydrogen-bond donors (Lipinski definition) is 1. The normalized spacial score (nSPS) is 37.5. The first-order valence-corrected chi connectivity index (χ1v) is 5.62. The Kier molecular flexibility index (Phi) is 1.52. The van der Waals surface area contributed by atoms with Crippen molar-refractivity contribution in [3.05, 3.63) is 0 Å². The number of hydrogen-bond acceptors (Lipinski definition) is 1. The molecule has 1 atom stereocenters. The van der Waals surface area contributed by atoms with Crippen LogP contribution in [0.4, 0.5) is 0 Å². The first kappa shape index (κ1) is 7.37. The van der Waals surface area contributed by atoms with Crippen molar-refractivity contribution in [1.82, 2.24) is 5.32 Å². The molecular formula is C11H19N. The van der Waals surface area contributed by atoms with Crippen molar-refractivity contribution in [3.63, 3.8) is 0 Å². The molecule has 1 heteroatoms. The lowest BCUT2D eigenvalue weighted by Crippen LogP contribution is -2.57. The van der Waals surface area contributed by atoms with Gasteiger partial charge in [0.05, 0.1) is 0 Å². The molecule has 3 aliphatic carbocycles. The van der Waals surface area contributed by atoms with Gasteiger partial charge in [-0.05, 0) is 56.4 Å². The van der Waals surface area contributed by atoms with Gasteiger partial charge in [-0.1, -0.05) is 6.42 Å². The van der Waals surface area contributed by atoms with Gasteiger partial charge in [-0.25, -0.2) is 0 Å². The van der Waals surface area contributed by atoms with E-state index in [-0.39, 0.29) is 0 Å². The standard InChI is InChI=1S/C11H19N/c1-5-11(6-1)7-4-10(11)12-8-9-2-3-9/h9-10,12H,1-8H2. The Morgan fingerprint density at radius 2 is 1.92 bits per heavy atom. The van der Waals surface area contributed by atoms with Crippen molar-refractivity contribution in [2.45, 2.75) is 51.0 Å². The molecule has 0 aromatic carbocycles. The lowest BCUT2D eigenvalue weighted by molar-refractivity contribution is -0.0175. The third-order valence-electron chi connectivity index (χ3n) is 4.37. The van der Waals surface area contributed by atoms with Crippen molar-refractivity contribution in [2.75, 3.05) is 6.54 Å². The van der Waals surface area contributed by atoms with Gasteiger partial charge in [-0.3, -0.25) is 0 Å². The summed E-state index contributed by atoms with van der Waals surface area (Å²) in [6.45, 7) is 1.33. The van der Waals surface area contributed by atoms with Gasteiger partial charge < -0.3 is 5.32 Å². The van der Waals surface area contributed by atoms with Gasteiger partial charge >= 0.3 is 0 Å². The highest BCUT2D eigenvalue weighted by molar-refractivity contribution is 5.05. The Bertz CT molecular complexity index is 174. The van der Waals surface area contributed by atoms with Crippen LogP contribution in [0.3, 0.4) is 0 Å². The first-order chi connectivity index (χ1) is 5.89. The molecule has 0 radical (unpaired) electrons. The summed E-state index contributed by atoms with van der Waals surface area (Å²) in [5, 5.41) is 3.77. The Labute approximate surface area is 74.9 Å². The molecule has 0 aromatic rings. The molecule has 3 aliphatic rings. The Morgan fingerprint density at radius 3 is 2.33 bits per heavy atom. The molecule has 1 spiro atoms. The summed E-state index contributed by atoms with van der Waals surface area (Å²) in [6, 6.07) is 0.923. The molecule has 0 amide bonds. The van der Waals surface area contributed by atoms with Gasteiger partial charge in [-0.2, -0.15) is 0 Å². The molecule has 0 aliphatic heterocycles. The molecule has 0 heterocycles. The minimum atomic E-state index is 0.814. The van der Waals surface area contributed by atoms with E-state index in [9.17, 15) is 0 Å². The van der Waals surface area contributed by atoms with Crippen LogP contribution in [0.15, 0.2) is 0 Å². The van der Waals surface area contributed by atoms with Crippen molar-refractivity contribution < 1.29 is 0 Å². The molecule has 0 aromatic heterocycles. The minimum Gasteiger partial charge on any atom is -0.313 e. The fraction of sp³-hybridized carbons (Fsp3) is 1.00. The molecular weight excluding hydrogens is 146 g/mol. The zero-order valence-corrected chi connectivity index (χ0v) is 7.81. The van der Waals surface area contributed by atoms with Crippen LogP contribution in [0, 0.1) is 11.3 Å². The zero-order chi connectivity index (χ0) is 8.02. The first-order valence-electron chi connectivity index (χ1n) is 5.62. The van der Waals surface area contributed by atoms with Gasteiger partial charge in [0, 0.05) is 6.04 Å². The van der Waals surface area contributed by atoms with E-state index in [2.05, 4.69) is 5.32 Å². The zero-order valence-electron chi connectivity index (χ0n) is 7.81. The quantitative estimate of drug-likeness (QED) is 0.676. The van der Waals surface area contributed by atoms with Gasteiger partial charge in [0.15, 0.2) is 0 Å². The van der Waals surface area contributed by atoms with E-state index in [1.807, 2.05) is 0 Å². The largest absolute Gasteiger partial charge is 0.313 e. The molecule has 3 rings (SSSR count). The van der Waals surface area contributed by atoms with Crippen LogP contribution < -0.4 is 5.32 Å². The van der Waals surface area contributed by atoms with E-state index in [0.29, 0.717) is 0 Å². The van der Waals surface area contributed by atoms with E-state index in [0.717, 1.165) is 17.4 Å². The third kappa shape index (κ3) is 1.02. The Balaban J connectivity index is 1.49. The lowest BCUT2D eigenvalue weighted by Gasteiger charge is -2.56. The van der Waals surface area contributed by atoms with Gasteiger partial charge in [0.25, 0.3) is 0 Å². The van der Waals surface area contributed by atoms with Gasteiger partial charge in [0.2, 0.25) is 0 Å². The summed E-state index contributed by atoms with van der Waals surface area (Å²) in [7, 11) is 0. The van der Waals surface area contributed by atoms with Crippen molar-refractivity contribution in [3.8, 4) is 0 Å². The number of rotatable bonds is 3. The van der Waals surface area contributed by atoms with Crippen LogP contribution in [-0.4, -0.2) is 12.6 Å². The second-order valence-electron chi connectivity index (χ2n) is 5.16. The minimum absolute atomic E-state index is 0.814. The summed E-state index contributed by atoms with van der Waals surface area (Å²) >= 11 is 0. The van der Waals surface area contributed by atoms with Crippen LogP contribution in [0.1, 0.15) is 44.9 Å². The predicted octanol–water partition coefficient (Wildman–Crippen LogP) is 2.32. The molecule has 68 valence electrons. The summed E-state index contributed by atoms with van der Waals surface area (Å²) in [6.07, 6.45) is 10.5. The van der Waals surface area contributed by atoms with Gasteiger partial charge in [-0.15, -0.1) is 0 Å². The highest BCUT2D eigenvalue weighted by atomic mass is 15.0. The van der Waals surface area contributed by atoms with E-state index < -0.39 is 0 Å². The molecule has 3 saturated carbocycles. The highest BCUT2D eigenvalue weighted by Gasteiger charge is 2.50. The second kappa shape index (κ2) is 2.47. The molecule has 1 nitrogen and oxygen atoms in total. The van der Waals surface area contributed by atoms with Crippen LogP contribution in [0.5, 0.6) is 0 Å². The maximum atomic E-state index is 3.77. The SMILES string of the molecule is C1CC2(C1)CCC2NCC1CC1. The number of nitrogens with one attached hydrogen (secondary N) is 1. The Morgan fingerprint density at radius 1 is 1.08 bits per heavy atom. The summed E-state index contributed by atoms with van der Waals surface area (Å²) in [4.78, 5) is 0. The average Bonchev–Trinajstić information content (AvgIpc) is 2.65. The summed E-state index contributed by atoms with van der Waals surface area (Å²) in [5.41, 5.74) is 0.814. The second-order valence-corrected chi connectivity index (χ2v) is 5.16. The molecule has 0 bridgehead atoms. The monoisotopic (exact) mass is 165 g/mol. The van der Waals surface area contributed by atoms with E-state index in [4.69, 9.17) is 0 Å². The van der Waals surface area contributed by atoms with Crippen LogP contribution >= 0.6 is 0 Å². The molecule has 12 heavy (non-hydrogen) atoms. The topological polar surface area (TPSA) is 12.0 Å². The van der Waals surface area contributed by atoms with Gasteiger partial charge in [0.1, 0.15) is 0 Å². The maximum absolute atomic E-state index is 3.77. The van der Waals surface area contributed by atoms with E-state index in [1.165, 1.54) is 51.5 Å². The van der Waals surface area contributed by atoms with E-state index in [1.54, 1.807) is 0 Å². The average molecular weight is 165 g/mol. The molecule has 0 saturated heterocycles. The summed E-state index contributed by atoms with van der Waals surface area (Å²) in [5.74, 6) is 1.06. The summed E-state index contributed by atoms with van der Waals surface area (Å²) < 4.78 is 0. The van der Waals surface area contributed by atoms with Crippen molar-refractivity contribution in [2.24, 2.45) is 11.3 Å². The third-order valence-corrected chi connectivity index (χ3v) is 4.37. The van der Waals surface area contributed by atoms with Crippen LogP contribution in [0.25, 0.3) is 0 Å². The van der Waals surface area contributed by atoms with Crippen LogP contribution in [-0.2, 0) is 0 Å². The smallest absolute Gasteiger partial charge is 0.0124 e. The Hall–Kier alpha value is -0.0400. The molecule has 3 fully saturated rings. The van der Waals surface area contributed by atoms with E-state index >= 15 is 0 Å². The predicted molar refractivity (Wildman–Crippen MR) is 50.0 cm³/mol. The maximum Gasteiger partial charge on any atom is 0.0124 e. The molecule has 1 N–H and O–H groups in total. The van der Waals surface area contributed by atoms with Crippen molar-refractivity contribution in [1.29, 1.82) is 0 Å². The van der Waals surface area contributed by atoms with Crippen LogP contribution in [0.2, 0.25) is 0 Å². The lowest BCUT2D eigenvalue weighted by atomic mass is 9.53. The fourth-order valence-corrected chi connectivity index (χ4v) is 2.88. The fourth-order valence-electron chi connectivity index (χ4n) is 2.88. The molecule has 1 unspecified atom stereocenters. The highest BCUT2D eigenvalue weighted by Crippen LogP contribution is 2.55. The van der Waals surface area contributed by atoms with Crippen molar-refractivity contribution >= 4 is 0 Å².